The lowest BCUT2D eigenvalue weighted by atomic mass is 10.0. The van der Waals surface area contributed by atoms with Gasteiger partial charge in [-0.2, -0.15) is 0 Å². The molecule has 0 aromatic rings. The highest BCUT2D eigenvalue weighted by atomic mass is 15.1. The number of allylic oxidation sites excluding steroid dienone is 1. The van der Waals surface area contributed by atoms with E-state index in [-0.39, 0.29) is 0 Å². The van der Waals surface area contributed by atoms with Crippen LogP contribution in [-0.2, 0) is 0 Å². The third kappa shape index (κ3) is 3.96. The maximum absolute atomic E-state index is 3.74. The highest BCUT2D eigenvalue weighted by Crippen LogP contribution is 2.22. The summed E-state index contributed by atoms with van der Waals surface area (Å²) in [6.07, 6.45) is 7.85. The number of hydrogen-bond acceptors (Lipinski definition) is 2. The summed E-state index contributed by atoms with van der Waals surface area (Å²) in [4.78, 5) is 2.57. The first kappa shape index (κ1) is 11.2. The third-order valence-electron chi connectivity index (χ3n) is 3.39. The maximum Gasteiger partial charge on any atom is 0.0165 e. The van der Waals surface area contributed by atoms with Crippen LogP contribution in [-0.4, -0.2) is 36.6 Å². The minimum absolute atomic E-state index is 0.806. The first-order valence-electron chi connectivity index (χ1n) is 6.36. The summed E-state index contributed by atoms with van der Waals surface area (Å²) in [5.74, 6) is 0. The Morgan fingerprint density at radius 1 is 1.13 bits per heavy atom. The van der Waals surface area contributed by atoms with Gasteiger partial charge in [-0.15, -0.1) is 0 Å². The summed E-state index contributed by atoms with van der Waals surface area (Å²) in [5, 5.41) is 3.74. The Balaban J connectivity index is 1.64. The molecule has 0 aromatic heterocycles. The zero-order valence-corrected chi connectivity index (χ0v) is 10.1. The number of hydrogen-bond donors (Lipinski definition) is 1. The van der Waals surface area contributed by atoms with Gasteiger partial charge in [0.15, 0.2) is 0 Å². The Bertz CT molecular complexity index is 219. The first-order chi connectivity index (χ1) is 7.24. The second-order valence-corrected chi connectivity index (χ2v) is 5.30. The molecule has 1 saturated carbocycles. The van der Waals surface area contributed by atoms with E-state index < -0.39 is 0 Å². The first-order valence-corrected chi connectivity index (χ1v) is 6.36. The molecule has 15 heavy (non-hydrogen) atoms. The van der Waals surface area contributed by atoms with E-state index in [1.54, 1.807) is 0 Å². The van der Waals surface area contributed by atoms with Crippen molar-refractivity contribution >= 4 is 0 Å². The SMILES string of the molecule is CC(C)=CCN1CCC(NC2CC2)CC1. The topological polar surface area (TPSA) is 15.3 Å². The van der Waals surface area contributed by atoms with Gasteiger partial charge in [-0.1, -0.05) is 11.6 Å². The molecule has 1 aliphatic heterocycles. The van der Waals surface area contributed by atoms with E-state index in [1.165, 1.54) is 44.3 Å². The molecule has 0 unspecified atom stereocenters. The van der Waals surface area contributed by atoms with Crippen molar-refractivity contribution in [2.75, 3.05) is 19.6 Å². The molecule has 1 heterocycles. The Morgan fingerprint density at radius 2 is 1.73 bits per heavy atom. The molecule has 0 atom stereocenters. The quantitative estimate of drug-likeness (QED) is 0.712. The van der Waals surface area contributed by atoms with Crippen LogP contribution in [0.1, 0.15) is 39.5 Å². The Morgan fingerprint density at radius 3 is 2.27 bits per heavy atom. The molecule has 86 valence electrons. The van der Waals surface area contributed by atoms with E-state index in [2.05, 4.69) is 30.1 Å². The summed E-state index contributed by atoms with van der Waals surface area (Å²) in [7, 11) is 0. The molecule has 1 saturated heterocycles. The maximum atomic E-state index is 3.74. The van der Waals surface area contributed by atoms with Crippen LogP contribution in [0.15, 0.2) is 11.6 Å². The van der Waals surface area contributed by atoms with Crippen LogP contribution in [0.5, 0.6) is 0 Å². The van der Waals surface area contributed by atoms with Crippen LogP contribution in [0.2, 0.25) is 0 Å². The van der Waals surface area contributed by atoms with Crippen LogP contribution in [0.4, 0.5) is 0 Å². The van der Waals surface area contributed by atoms with Crippen LogP contribution in [0, 0.1) is 0 Å². The minimum Gasteiger partial charge on any atom is -0.311 e. The molecule has 1 aliphatic carbocycles. The molecule has 2 rings (SSSR count). The zero-order chi connectivity index (χ0) is 10.7. The molecule has 0 bridgehead atoms. The third-order valence-corrected chi connectivity index (χ3v) is 3.39. The van der Waals surface area contributed by atoms with Gasteiger partial charge in [0.25, 0.3) is 0 Å². The van der Waals surface area contributed by atoms with Gasteiger partial charge >= 0.3 is 0 Å². The average Bonchev–Trinajstić information content (AvgIpc) is 3.01. The van der Waals surface area contributed by atoms with Crippen molar-refractivity contribution in [3.8, 4) is 0 Å². The minimum atomic E-state index is 0.806. The van der Waals surface area contributed by atoms with Crippen molar-refractivity contribution in [2.24, 2.45) is 0 Å². The molecule has 2 heteroatoms. The summed E-state index contributed by atoms with van der Waals surface area (Å²) in [6.45, 7) is 8.06. The summed E-state index contributed by atoms with van der Waals surface area (Å²) >= 11 is 0. The summed E-state index contributed by atoms with van der Waals surface area (Å²) in [6, 6.07) is 1.68. The number of nitrogens with one attached hydrogen (secondary N) is 1. The van der Waals surface area contributed by atoms with Crippen LogP contribution >= 0.6 is 0 Å². The largest absolute Gasteiger partial charge is 0.311 e. The van der Waals surface area contributed by atoms with Gasteiger partial charge in [-0.3, -0.25) is 4.90 Å². The van der Waals surface area contributed by atoms with Crippen molar-refractivity contribution in [1.82, 2.24) is 10.2 Å². The van der Waals surface area contributed by atoms with Gasteiger partial charge in [-0.25, -0.2) is 0 Å². The molecule has 2 aliphatic rings. The fourth-order valence-corrected chi connectivity index (χ4v) is 2.18. The van der Waals surface area contributed by atoms with E-state index in [4.69, 9.17) is 0 Å². The second kappa shape index (κ2) is 5.13. The van der Waals surface area contributed by atoms with Crippen molar-refractivity contribution in [3.63, 3.8) is 0 Å². The fourth-order valence-electron chi connectivity index (χ4n) is 2.18. The molecular weight excluding hydrogens is 184 g/mol. The lowest BCUT2D eigenvalue weighted by Gasteiger charge is -2.31. The van der Waals surface area contributed by atoms with Gasteiger partial charge in [0.05, 0.1) is 0 Å². The van der Waals surface area contributed by atoms with E-state index in [1.807, 2.05) is 0 Å². The molecule has 0 aromatic carbocycles. The Kier molecular flexibility index (Phi) is 3.81. The Hall–Kier alpha value is -0.340. The van der Waals surface area contributed by atoms with Crippen molar-refractivity contribution in [1.29, 1.82) is 0 Å². The van der Waals surface area contributed by atoms with Gasteiger partial charge in [-0.05, 0) is 52.6 Å². The molecule has 1 N–H and O–H groups in total. The van der Waals surface area contributed by atoms with E-state index in [9.17, 15) is 0 Å². The van der Waals surface area contributed by atoms with Crippen molar-refractivity contribution in [2.45, 2.75) is 51.6 Å². The molecule has 0 radical (unpaired) electrons. The average molecular weight is 208 g/mol. The molecule has 0 spiro atoms. The number of rotatable bonds is 4. The van der Waals surface area contributed by atoms with Crippen molar-refractivity contribution < 1.29 is 0 Å². The molecule has 0 amide bonds. The van der Waals surface area contributed by atoms with Crippen LogP contribution in [0.25, 0.3) is 0 Å². The normalized spacial score (nSPS) is 24.1. The number of nitrogens with zero attached hydrogens (tertiary/aromatic N) is 1. The number of likely N-dealkylation sites (tertiary alicyclic amines) is 1. The highest BCUT2D eigenvalue weighted by molar-refractivity contribution is 4.96. The predicted octanol–water partition coefficient (Wildman–Crippen LogP) is 2.17. The molecule has 2 nitrogen and oxygen atoms in total. The van der Waals surface area contributed by atoms with Crippen molar-refractivity contribution in [3.05, 3.63) is 11.6 Å². The van der Waals surface area contributed by atoms with Gasteiger partial charge in [0.2, 0.25) is 0 Å². The molecule has 2 fully saturated rings. The summed E-state index contributed by atoms with van der Waals surface area (Å²) < 4.78 is 0. The van der Waals surface area contributed by atoms with Gasteiger partial charge < -0.3 is 5.32 Å². The lowest BCUT2D eigenvalue weighted by molar-refractivity contribution is 0.214. The summed E-state index contributed by atoms with van der Waals surface area (Å²) in [5.41, 5.74) is 1.44. The van der Waals surface area contributed by atoms with Gasteiger partial charge in [0.1, 0.15) is 0 Å². The number of piperidine rings is 1. The highest BCUT2D eigenvalue weighted by Gasteiger charge is 2.26. The van der Waals surface area contributed by atoms with E-state index in [0.29, 0.717) is 0 Å². The predicted molar refractivity (Wildman–Crippen MR) is 65.1 cm³/mol. The van der Waals surface area contributed by atoms with Crippen LogP contribution < -0.4 is 5.32 Å². The second-order valence-electron chi connectivity index (χ2n) is 5.30. The molecular formula is C13H24N2. The standard InChI is InChI=1S/C13H24N2/c1-11(2)5-8-15-9-6-13(7-10-15)14-12-3-4-12/h5,12-14H,3-4,6-10H2,1-2H3. The Labute approximate surface area is 93.7 Å². The van der Waals surface area contributed by atoms with Gasteiger partial charge in [0, 0.05) is 18.6 Å². The lowest BCUT2D eigenvalue weighted by Crippen LogP contribution is -2.43. The fraction of sp³-hybridized carbons (Fsp3) is 0.846. The van der Waals surface area contributed by atoms with E-state index >= 15 is 0 Å². The van der Waals surface area contributed by atoms with Crippen LogP contribution in [0.3, 0.4) is 0 Å². The smallest absolute Gasteiger partial charge is 0.0165 e. The monoisotopic (exact) mass is 208 g/mol. The van der Waals surface area contributed by atoms with E-state index in [0.717, 1.165) is 18.6 Å². The zero-order valence-electron chi connectivity index (χ0n) is 10.1.